The quantitative estimate of drug-likeness (QED) is 0.916. The summed E-state index contributed by atoms with van der Waals surface area (Å²) in [4.78, 5) is 12.0. The number of carbonyl (C=O) groups is 1. The van der Waals surface area contributed by atoms with E-state index in [0.29, 0.717) is 12.0 Å². The van der Waals surface area contributed by atoms with Gasteiger partial charge in [-0.25, -0.2) is 0 Å². The zero-order valence-electron chi connectivity index (χ0n) is 12.3. The predicted octanol–water partition coefficient (Wildman–Crippen LogP) is 2.99. The molecular formula is C17H23NO2. The minimum absolute atomic E-state index is 0.0155. The number of benzene rings is 1. The Hall–Kier alpha value is -1.51. The van der Waals surface area contributed by atoms with E-state index in [9.17, 15) is 4.79 Å². The van der Waals surface area contributed by atoms with Gasteiger partial charge in [-0.2, -0.15) is 0 Å². The molecule has 3 heteroatoms. The van der Waals surface area contributed by atoms with Crippen LogP contribution in [-0.4, -0.2) is 18.6 Å². The first-order valence-electron chi connectivity index (χ1n) is 7.60. The van der Waals surface area contributed by atoms with E-state index >= 15 is 0 Å². The zero-order chi connectivity index (χ0) is 14.1. The predicted molar refractivity (Wildman–Crippen MR) is 78.8 cm³/mol. The molecule has 108 valence electrons. The van der Waals surface area contributed by atoms with E-state index in [1.165, 1.54) is 25.7 Å². The first-order valence-corrected chi connectivity index (χ1v) is 7.60. The average molecular weight is 273 g/mol. The topological polar surface area (TPSA) is 38.3 Å². The van der Waals surface area contributed by atoms with Crippen molar-refractivity contribution in [2.24, 2.45) is 11.8 Å². The van der Waals surface area contributed by atoms with Crippen molar-refractivity contribution in [3.63, 3.8) is 0 Å². The van der Waals surface area contributed by atoms with Gasteiger partial charge in [0.15, 0.2) is 6.61 Å². The van der Waals surface area contributed by atoms with E-state index < -0.39 is 0 Å². The molecule has 2 bridgehead atoms. The number of ether oxygens (including phenoxy) is 1. The van der Waals surface area contributed by atoms with Crippen LogP contribution in [0.25, 0.3) is 0 Å². The maximum absolute atomic E-state index is 12.0. The lowest BCUT2D eigenvalue weighted by molar-refractivity contribution is -0.124. The van der Waals surface area contributed by atoms with Gasteiger partial charge in [-0.05, 0) is 68.2 Å². The van der Waals surface area contributed by atoms with Crippen molar-refractivity contribution in [2.75, 3.05) is 6.61 Å². The van der Waals surface area contributed by atoms with Gasteiger partial charge in [0.05, 0.1) is 0 Å². The third-order valence-electron chi connectivity index (χ3n) is 4.65. The molecule has 3 atom stereocenters. The summed E-state index contributed by atoms with van der Waals surface area (Å²) in [7, 11) is 0. The second kappa shape index (κ2) is 5.47. The second-order valence-corrected chi connectivity index (χ2v) is 6.46. The Balaban J connectivity index is 1.49. The van der Waals surface area contributed by atoms with Crippen molar-refractivity contribution in [3.05, 3.63) is 29.3 Å². The zero-order valence-corrected chi connectivity index (χ0v) is 12.3. The first-order chi connectivity index (χ1) is 9.60. The number of hydrogen-bond donors (Lipinski definition) is 1. The molecule has 3 nitrogen and oxygen atoms in total. The van der Waals surface area contributed by atoms with E-state index in [1.807, 2.05) is 26.0 Å². The summed E-state index contributed by atoms with van der Waals surface area (Å²) in [5, 5.41) is 3.15. The number of carbonyl (C=O) groups excluding carboxylic acids is 1. The molecule has 1 N–H and O–H groups in total. The molecule has 3 rings (SSSR count). The number of nitrogens with one attached hydrogen (secondary N) is 1. The van der Waals surface area contributed by atoms with E-state index in [4.69, 9.17) is 4.74 Å². The summed E-state index contributed by atoms with van der Waals surface area (Å²) < 4.78 is 5.61. The number of amides is 1. The van der Waals surface area contributed by atoms with Gasteiger partial charge >= 0.3 is 0 Å². The summed E-state index contributed by atoms with van der Waals surface area (Å²) in [6.07, 6.45) is 5.12. The third-order valence-corrected chi connectivity index (χ3v) is 4.65. The molecule has 0 aromatic heterocycles. The van der Waals surface area contributed by atoms with Gasteiger partial charge in [-0.15, -0.1) is 0 Å². The highest BCUT2D eigenvalue weighted by molar-refractivity contribution is 5.78. The van der Waals surface area contributed by atoms with Gasteiger partial charge in [0.25, 0.3) is 5.91 Å². The lowest BCUT2D eigenvalue weighted by atomic mass is 9.95. The summed E-state index contributed by atoms with van der Waals surface area (Å²) in [6.45, 7) is 4.20. The fraction of sp³-hybridized carbons (Fsp3) is 0.588. The maximum atomic E-state index is 12.0. The highest BCUT2D eigenvalue weighted by Crippen LogP contribution is 2.44. The average Bonchev–Trinajstić information content (AvgIpc) is 2.97. The van der Waals surface area contributed by atoms with Crippen LogP contribution in [0.1, 0.15) is 36.8 Å². The van der Waals surface area contributed by atoms with Gasteiger partial charge in [0.1, 0.15) is 5.75 Å². The molecule has 2 aliphatic rings. The third kappa shape index (κ3) is 2.97. The minimum Gasteiger partial charge on any atom is -0.484 e. The molecule has 1 aromatic rings. The van der Waals surface area contributed by atoms with Gasteiger partial charge in [-0.1, -0.05) is 12.5 Å². The molecule has 20 heavy (non-hydrogen) atoms. The second-order valence-electron chi connectivity index (χ2n) is 6.46. The Labute approximate surface area is 120 Å². The van der Waals surface area contributed by atoms with Crippen LogP contribution in [0.15, 0.2) is 18.2 Å². The Kier molecular flexibility index (Phi) is 3.68. The van der Waals surface area contributed by atoms with Crippen LogP contribution in [-0.2, 0) is 4.79 Å². The van der Waals surface area contributed by atoms with E-state index in [1.54, 1.807) is 0 Å². The maximum Gasteiger partial charge on any atom is 0.258 e. The summed E-state index contributed by atoms with van der Waals surface area (Å²) in [5.41, 5.74) is 2.32. The Bertz CT molecular complexity index is 491. The molecular weight excluding hydrogens is 250 g/mol. The fourth-order valence-corrected chi connectivity index (χ4v) is 3.84. The Morgan fingerprint density at radius 1 is 1.20 bits per heavy atom. The lowest BCUT2D eigenvalue weighted by Crippen LogP contribution is -2.40. The normalized spacial score (nSPS) is 27.6. The number of fused-ring (bicyclic) bond motifs is 2. The molecule has 1 aromatic carbocycles. The summed E-state index contributed by atoms with van der Waals surface area (Å²) in [5.74, 6) is 2.36. The van der Waals surface area contributed by atoms with Crippen LogP contribution in [0.3, 0.4) is 0 Å². The molecule has 0 heterocycles. The van der Waals surface area contributed by atoms with Crippen LogP contribution < -0.4 is 10.1 Å². The first kappa shape index (κ1) is 13.5. The van der Waals surface area contributed by atoms with E-state index in [-0.39, 0.29) is 12.5 Å². The van der Waals surface area contributed by atoms with Crippen LogP contribution in [0.4, 0.5) is 0 Å². The number of hydrogen-bond acceptors (Lipinski definition) is 2. The van der Waals surface area contributed by atoms with Crippen molar-refractivity contribution >= 4 is 5.91 Å². The van der Waals surface area contributed by atoms with Gasteiger partial charge in [0, 0.05) is 6.04 Å². The van der Waals surface area contributed by atoms with Gasteiger partial charge in [0.2, 0.25) is 0 Å². The van der Waals surface area contributed by atoms with Crippen LogP contribution in [0.5, 0.6) is 5.75 Å². The van der Waals surface area contributed by atoms with Crippen LogP contribution >= 0.6 is 0 Å². The summed E-state index contributed by atoms with van der Waals surface area (Å²) >= 11 is 0. The van der Waals surface area contributed by atoms with Crippen molar-refractivity contribution in [2.45, 2.75) is 45.6 Å². The minimum atomic E-state index is 0.0155. The number of rotatable bonds is 4. The lowest BCUT2D eigenvalue weighted by Gasteiger charge is -2.22. The fourth-order valence-electron chi connectivity index (χ4n) is 3.84. The highest BCUT2D eigenvalue weighted by atomic mass is 16.5. The molecule has 1 amide bonds. The highest BCUT2D eigenvalue weighted by Gasteiger charge is 2.40. The molecule has 0 spiro atoms. The molecule has 3 unspecified atom stereocenters. The number of aryl methyl sites for hydroxylation is 2. The monoisotopic (exact) mass is 273 g/mol. The largest absolute Gasteiger partial charge is 0.484 e. The Morgan fingerprint density at radius 2 is 1.95 bits per heavy atom. The Morgan fingerprint density at radius 3 is 2.55 bits per heavy atom. The standard InChI is InChI=1S/C17H23NO2/c1-11-5-12(2)7-15(6-11)20-10-17(19)18-16-9-13-3-4-14(16)8-13/h5-7,13-14,16H,3-4,8-10H2,1-2H3,(H,18,19). The molecule has 2 aliphatic carbocycles. The van der Waals surface area contributed by atoms with Crippen molar-refractivity contribution < 1.29 is 9.53 Å². The van der Waals surface area contributed by atoms with E-state index in [0.717, 1.165) is 22.8 Å². The van der Waals surface area contributed by atoms with E-state index in [2.05, 4.69) is 11.4 Å². The molecule has 0 radical (unpaired) electrons. The van der Waals surface area contributed by atoms with Crippen LogP contribution in [0, 0.1) is 25.7 Å². The summed E-state index contributed by atoms with van der Waals surface area (Å²) in [6, 6.07) is 6.43. The van der Waals surface area contributed by atoms with Crippen molar-refractivity contribution in [1.82, 2.24) is 5.32 Å². The molecule has 0 saturated heterocycles. The van der Waals surface area contributed by atoms with Crippen LogP contribution in [0.2, 0.25) is 0 Å². The molecule has 0 aliphatic heterocycles. The molecule has 2 saturated carbocycles. The van der Waals surface area contributed by atoms with Crippen molar-refractivity contribution in [1.29, 1.82) is 0 Å². The van der Waals surface area contributed by atoms with Crippen molar-refractivity contribution in [3.8, 4) is 5.75 Å². The smallest absolute Gasteiger partial charge is 0.258 e. The van der Waals surface area contributed by atoms with Gasteiger partial charge < -0.3 is 10.1 Å². The van der Waals surface area contributed by atoms with Gasteiger partial charge in [-0.3, -0.25) is 4.79 Å². The SMILES string of the molecule is Cc1cc(C)cc(OCC(=O)NC2CC3CCC2C3)c1. The molecule has 2 fully saturated rings.